The summed E-state index contributed by atoms with van der Waals surface area (Å²) in [5, 5.41) is 3.09. The second kappa shape index (κ2) is 7.85. The van der Waals surface area contributed by atoms with Gasteiger partial charge in [0.1, 0.15) is 5.82 Å². The molecule has 0 unspecified atom stereocenters. The average molecular weight is 277 g/mol. The molecule has 2 nitrogen and oxygen atoms in total. The number of nitrogens with one attached hydrogen (secondary N) is 1. The molecule has 1 aromatic carbocycles. The first-order chi connectivity index (χ1) is 9.36. The van der Waals surface area contributed by atoms with Crippen LogP contribution >= 0.6 is 0 Å². The first-order valence-corrected chi connectivity index (χ1v) is 6.85. The molecule has 0 fully saturated rings. The minimum Gasteiger partial charge on any atom is -0.377 e. The highest BCUT2D eigenvalue weighted by atomic mass is 19.1. The highest BCUT2D eigenvalue weighted by Crippen LogP contribution is 2.17. The molecule has 0 aliphatic carbocycles. The second-order valence-electron chi connectivity index (χ2n) is 5.63. The molecule has 1 N–H and O–H groups in total. The molecule has 3 heteroatoms. The Kier molecular flexibility index (Phi) is 6.46. The lowest BCUT2D eigenvalue weighted by atomic mass is 10.2. The lowest BCUT2D eigenvalue weighted by molar-refractivity contribution is 0.0969. The van der Waals surface area contributed by atoms with Crippen molar-refractivity contribution in [2.24, 2.45) is 5.92 Å². The molecule has 1 rings (SSSR count). The number of benzene rings is 1. The fraction of sp³-hybridized carbons (Fsp3) is 0.412. The summed E-state index contributed by atoms with van der Waals surface area (Å²) in [6, 6.07) is 4.83. The van der Waals surface area contributed by atoms with Gasteiger partial charge in [-0.05, 0) is 49.6 Å². The fourth-order valence-electron chi connectivity index (χ4n) is 1.79. The summed E-state index contributed by atoms with van der Waals surface area (Å²) in [6.07, 6.45) is 1.92. The van der Waals surface area contributed by atoms with Crippen molar-refractivity contribution in [2.75, 3.05) is 11.9 Å². The zero-order valence-corrected chi connectivity index (χ0v) is 12.8. The van der Waals surface area contributed by atoms with Gasteiger partial charge in [-0.15, -0.1) is 0 Å². The predicted octanol–water partition coefficient (Wildman–Crippen LogP) is 4.89. The monoisotopic (exact) mass is 277 g/mol. The molecule has 0 heterocycles. The first-order valence-electron chi connectivity index (χ1n) is 6.85. The maximum absolute atomic E-state index is 13.6. The Hall–Kier alpha value is -1.61. The Balaban J connectivity index is 2.71. The van der Waals surface area contributed by atoms with Crippen LogP contribution in [0.1, 0.15) is 33.3 Å². The number of ether oxygens (including phenoxy) is 1. The van der Waals surface area contributed by atoms with Gasteiger partial charge in [0, 0.05) is 18.0 Å². The van der Waals surface area contributed by atoms with Gasteiger partial charge >= 0.3 is 0 Å². The van der Waals surface area contributed by atoms with Crippen molar-refractivity contribution in [3.8, 4) is 0 Å². The Morgan fingerprint density at radius 3 is 2.65 bits per heavy atom. The molecule has 0 aromatic heterocycles. The fourth-order valence-corrected chi connectivity index (χ4v) is 1.79. The minimum absolute atomic E-state index is 0.275. The van der Waals surface area contributed by atoms with E-state index in [1.54, 1.807) is 0 Å². The highest BCUT2D eigenvalue weighted by Gasteiger charge is 2.03. The van der Waals surface area contributed by atoms with Crippen molar-refractivity contribution in [1.82, 2.24) is 0 Å². The van der Waals surface area contributed by atoms with Crippen molar-refractivity contribution in [1.29, 1.82) is 0 Å². The third kappa shape index (κ3) is 6.53. The van der Waals surface area contributed by atoms with E-state index < -0.39 is 0 Å². The van der Waals surface area contributed by atoms with Gasteiger partial charge < -0.3 is 10.1 Å². The van der Waals surface area contributed by atoms with Gasteiger partial charge in [-0.25, -0.2) is 4.39 Å². The molecule has 20 heavy (non-hydrogen) atoms. The molecule has 0 spiro atoms. The molecule has 0 bridgehead atoms. The molecule has 0 radical (unpaired) electrons. The second-order valence-corrected chi connectivity index (χ2v) is 5.63. The number of hydrogen-bond donors (Lipinski definition) is 1. The number of hydrogen-bond acceptors (Lipinski definition) is 2. The molecule has 0 saturated carbocycles. The highest BCUT2D eigenvalue weighted by molar-refractivity contribution is 5.52. The lowest BCUT2D eigenvalue weighted by Gasteiger charge is -2.11. The summed E-state index contributed by atoms with van der Waals surface area (Å²) >= 11 is 0. The van der Waals surface area contributed by atoms with Crippen molar-refractivity contribution in [3.63, 3.8) is 0 Å². The van der Waals surface area contributed by atoms with Crippen LogP contribution in [0.3, 0.4) is 0 Å². The normalized spacial score (nSPS) is 10.5. The number of rotatable bonds is 7. The van der Waals surface area contributed by atoms with Crippen molar-refractivity contribution < 1.29 is 9.13 Å². The number of allylic oxidation sites excluding steroid dienone is 2. The van der Waals surface area contributed by atoms with Crippen molar-refractivity contribution in [2.45, 2.75) is 34.3 Å². The van der Waals surface area contributed by atoms with E-state index in [9.17, 15) is 4.39 Å². The van der Waals surface area contributed by atoms with Gasteiger partial charge in [-0.3, -0.25) is 0 Å². The van der Waals surface area contributed by atoms with Gasteiger partial charge in [0.15, 0.2) is 0 Å². The summed E-state index contributed by atoms with van der Waals surface area (Å²) in [7, 11) is 0. The largest absolute Gasteiger partial charge is 0.377 e. The standard InChI is InChI=1S/C17H24FNO/c1-12(2)6-14(5)19-17-8-15(7-16(18)9-17)11-20-10-13(3)4/h6-9,13,19H,5,10-11H2,1-4H3. The number of halogens is 1. The summed E-state index contributed by atoms with van der Waals surface area (Å²) in [6.45, 7) is 13.1. The molecule has 0 atom stereocenters. The summed E-state index contributed by atoms with van der Waals surface area (Å²) in [5.41, 5.74) is 3.39. The van der Waals surface area contributed by atoms with Crippen LogP contribution in [-0.4, -0.2) is 6.61 Å². The number of anilines is 1. The maximum atomic E-state index is 13.6. The topological polar surface area (TPSA) is 21.3 Å². The summed E-state index contributed by atoms with van der Waals surface area (Å²) < 4.78 is 19.1. The van der Waals surface area contributed by atoms with Crippen molar-refractivity contribution in [3.05, 3.63) is 53.5 Å². The van der Waals surface area contributed by atoms with Gasteiger partial charge in [-0.1, -0.05) is 26.0 Å². The van der Waals surface area contributed by atoms with E-state index in [-0.39, 0.29) is 5.82 Å². The molecular formula is C17H24FNO. The molecule has 0 amide bonds. The van der Waals surface area contributed by atoms with Crippen LogP contribution in [-0.2, 0) is 11.3 Å². The van der Waals surface area contributed by atoms with Crippen LogP contribution in [0.4, 0.5) is 10.1 Å². The Labute approximate surface area is 121 Å². The summed E-state index contributed by atoms with van der Waals surface area (Å²) in [4.78, 5) is 0. The van der Waals surface area contributed by atoms with Gasteiger partial charge in [-0.2, -0.15) is 0 Å². The van der Waals surface area contributed by atoms with E-state index >= 15 is 0 Å². The Bertz CT molecular complexity index is 488. The zero-order chi connectivity index (χ0) is 15.1. The van der Waals surface area contributed by atoms with E-state index in [4.69, 9.17) is 4.74 Å². The van der Waals surface area contributed by atoms with Gasteiger partial charge in [0.2, 0.25) is 0 Å². The van der Waals surface area contributed by atoms with Crippen LogP contribution in [0.5, 0.6) is 0 Å². The van der Waals surface area contributed by atoms with Gasteiger partial charge in [0.25, 0.3) is 0 Å². The maximum Gasteiger partial charge on any atom is 0.125 e. The smallest absolute Gasteiger partial charge is 0.125 e. The Morgan fingerprint density at radius 1 is 1.35 bits per heavy atom. The average Bonchev–Trinajstić information content (AvgIpc) is 2.25. The molecule has 0 saturated heterocycles. The van der Waals surface area contributed by atoms with E-state index in [0.29, 0.717) is 24.8 Å². The molecular weight excluding hydrogens is 253 g/mol. The SMILES string of the molecule is C=C(C=C(C)C)Nc1cc(F)cc(COCC(C)C)c1. The van der Waals surface area contributed by atoms with Crippen LogP contribution in [0, 0.1) is 11.7 Å². The Morgan fingerprint density at radius 2 is 2.05 bits per heavy atom. The van der Waals surface area contributed by atoms with E-state index in [1.807, 2.05) is 26.0 Å². The van der Waals surface area contributed by atoms with Crippen LogP contribution < -0.4 is 5.32 Å². The molecule has 0 aliphatic heterocycles. The van der Waals surface area contributed by atoms with E-state index in [1.165, 1.54) is 12.1 Å². The van der Waals surface area contributed by atoms with Gasteiger partial charge in [0.05, 0.1) is 6.61 Å². The minimum atomic E-state index is -0.275. The first kappa shape index (κ1) is 16.4. The molecule has 110 valence electrons. The quantitative estimate of drug-likeness (QED) is 0.716. The zero-order valence-electron chi connectivity index (χ0n) is 12.8. The van der Waals surface area contributed by atoms with Crippen LogP contribution in [0.2, 0.25) is 0 Å². The third-order valence-corrected chi connectivity index (χ3v) is 2.45. The van der Waals surface area contributed by atoms with E-state index in [2.05, 4.69) is 25.7 Å². The van der Waals surface area contributed by atoms with Crippen molar-refractivity contribution >= 4 is 5.69 Å². The van der Waals surface area contributed by atoms with E-state index in [0.717, 1.165) is 16.8 Å². The van der Waals surface area contributed by atoms with Crippen LogP contribution in [0.15, 0.2) is 42.1 Å². The summed E-state index contributed by atoms with van der Waals surface area (Å²) in [5.74, 6) is 0.196. The lowest BCUT2D eigenvalue weighted by Crippen LogP contribution is -2.03. The third-order valence-electron chi connectivity index (χ3n) is 2.45. The molecule has 1 aromatic rings. The molecule has 0 aliphatic rings. The predicted molar refractivity (Wildman–Crippen MR) is 83.1 cm³/mol. The van der Waals surface area contributed by atoms with Crippen LogP contribution in [0.25, 0.3) is 0 Å².